The summed E-state index contributed by atoms with van der Waals surface area (Å²) in [7, 11) is 0. The van der Waals surface area contributed by atoms with Crippen LogP contribution in [0, 0.1) is 0 Å². The van der Waals surface area contributed by atoms with E-state index in [9.17, 15) is 0 Å². The van der Waals surface area contributed by atoms with Gasteiger partial charge in [-0.05, 0) is 99.1 Å². The first-order valence-electron chi connectivity index (χ1n) is 12.0. The number of fused-ring (bicyclic) bond motifs is 15. The van der Waals surface area contributed by atoms with Gasteiger partial charge in [-0.3, -0.25) is 4.40 Å². The summed E-state index contributed by atoms with van der Waals surface area (Å²) in [6, 6.07) is 26.5. The summed E-state index contributed by atoms with van der Waals surface area (Å²) in [5.74, 6) is 0. The molecule has 35 heavy (non-hydrogen) atoms. The fourth-order valence-corrected chi connectivity index (χ4v) is 6.46. The fraction of sp³-hybridized carbons (Fsp3) is 0.0645. The van der Waals surface area contributed by atoms with E-state index in [1.807, 2.05) is 18.3 Å². The van der Waals surface area contributed by atoms with Crippen molar-refractivity contribution < 1.29 is 0 Å². The Balaban J connectivity index is 1.38. The third-order valence-electron chi connectivity index (χ3n) is 7.97. The Bertz CT molecular complexity index is 2070. The maximum Gasteiger partial charge on any atom is 0.178 e. The van der Waals surface area contributed by atoms with Gasteiger partial charge in [0.15, 0.2) is 5.65 Å². The van der Waals surface area contributed by atoms with E-state index < -0.39 is 0 Å². The summed E-state index contributed by atoms with van der Waals surface area (Å²) >= 11 is 0. The normalized spacial score (nSPS) is 13.5. The van der Waals surface area contributed by atoms with Crippen molar-refractivity contribution in [2.24, 2.45) is 0 Å². The lowest BCUT2D eigenvalue weighted by Crippen LogP contribution is -1.95. The topological polar surface area (TPSA) is 43.1 Å². The maximum atomic E-state index is 4.96. The molecule has 7 aromatic rings. The van der Waals surface area contributed by atoms with Gasteiger partial charge in [0.25, 0.3) is 0 Å². The number of nitrogens with zero attached hydrogens (tertiary/aromatic N) is 4. The maximum absolute atomic E-state index is 4.96. The van der Waals surface area contributed by atoms with E-state index in [0.717, 1.165) is 46.1 Å². The predicted molar refractivity (Wildman–Crippen MR) is 140 cm³/mol. The van der Waals surface area contributed by atoms with Crippen molar-refractivity contribution >= 4 is 38.6 Å². The van der Waals surface area contributed by atoms with Crippen LogP contribution in [0.3, 0.4) is 0 Å². The third-order valence-corrected chi connectivity index (χ3v) is 7.97. The molecule has 0 radical (unpaired) electrons. The van der Waals surface area contributed by atoms with E-state index in [1.165, 1.54) is 49.9 Å². The zero-order valence-corrected chi connectivity index (χ0v) is 18.8. The highest BCUT2D eigenvalue weighted by molar-refractivity contribution is 6.14. The van der Waals surface area contributed by atoms with Crippen molar-refractivity contribution in [2.75, 3.05) is 0 Å². The molecule has 3 aromatic carbocycles. The SMILES string of the molecule is c1ccc2c(c1)Cc1c-2ccc2c1Cc1cc3c(cc1-2)c1cccnc1n1c2cccnc2nc31. The molecule has 2 aliphatic carbocycles. The smallest absolute Gasteiger partial charge is 0.178 e. The van der Waals surface area contributed by atoms with Crippen LogP contribution < -0.4 is 0 Å². The summed E-state index contributed by atoms with van der Waals surface area (Å²) in [6.07, 6.45) is 5.66. The zero-order valence-electron chi connectivity index (χ0n) is 18.8. The molecule has 0 aliphatic heterocycles. The van der Waals surface area contributed by atoms with Crippen LogP contribution in [-0.2, 0) is 12.8 Å². The number of imidazole rings is 1. The molecule has 0 atom stereocenters. The lowest BCUT2D eigenvalue weighted by atomic mass is 9.96. The summed E-state index contributed by atoms with van der Waals surface area (Å²) in [4.78, 5) is 14.3. The van der Waals surface area contributed by atoms with Crippen molar-refractivity contribution in [1.29, 1.82) is 0 Å². The average molecular weight is 447 g/mol. The molecule has 0 unspecified atom stereocenters. The second-order valence-electron chi connectivity index (χ2n) is 9.67. The minimum absolute atomic E-state index is 0.756. The van der Waals surface area contributed by atoms with Gasteiger partial charge in [0, 0.05) is 23.2 Å². The molecular weight excluding hydrogens is 428 g/mol. The molecule has 4 aromatic heterocycles. The molecule has 0 bridgehead atoms. The zero-order chi connectivity index (χ0) is 22.7. The predicted octanol–water partition coefficient (Wildman–Crippen LogP) is 6.73. The highest BCUT2D eigenvalue weighted by atomic mass is 15.1. The van der Waals surface area contributed by atoms with Crippen LogP contribution in [0.15, 0.2) is 85.2 Å². The van der Waals surface area contributed by atoms with Gasteiger partial charge >= 0.3 is 0 Å². The second-order valence-corrected chi connectivity index (χ2v) is 9.67. The van der Waals surface area contributed by atoms with Crippen molar-refractivity contribution in [3.8, 4) is 22.3 Å². The monoisotopic (exact) mass is 446 g/mol. The number of rotatable bonds is 0. The van der Waals surface area contributed by atoms with Gasteiger partial charge in [-0.25, -0.2) is 15.0 Å². The largest absolute Gasteiger partial charge is 0.274 e. The lowest BCUT2D eigenvalue weighted by molar-refractivity contribution is 1.16. The first kappa shape index (κ1) is 17.8. The first-order valence-corrected chi connectivity index (χ1v) is 12.0. The van der Waals surface area contributed by atoms with E-state index in [-0.39, 0.29) is 0 Å². The standard InChI is InChI=1S/C31H18N4/c1-2-6-19-17(5-1)13-24-20(19)9-10-21-23-16-26-22-7-3-12-33-30(22)35-28-8-4-11-32-29(28)34-31(35)27(26)15-18(23)14-25(21)24/h1-12,15-16H,13-14H2. The Morgan fingerprint density at radius 3 is 2.31 bits per heavy atom. The van der Waals surface area contributed by atoms with Crippen LogP contribution >= 0.6 is 0 Å². The van der Waals surface area contributed by atoms with Gasteiger partial charge in [0.2, 0.25) is 0 Å². The number of aromatic nitrogens is 4. The van der Waals surface area contributed by atoms with Crippen LogP contribution in [0.25, 0.3) is 60.9 Å². The minimum atomic E-state index is 0.756. The number of pyridine rings is 3. The molecular formula is C31H18N4. The molecule has 0 spiro atoms. The van der Waals surface area contributed by atoms with Gasteiger partial charge in [-0.2, -0.15) is 0 Å². The summed E-state index contributed by atoms with van der Waals surface area (Å²) in [5.41, 5.74) is 14.9. The van der Waals surface area contributed by atoms with Gasteiger partial charge in [0.05, 0.1) is 5.52 Å². The highest BCUT2D eigenvalue weighted by Gasteiger charge is 2.28. The third kappa shape index (κ3) is 2.15. The molecule has 4 heteroatoms. The number of benzene rings is 3. The fourth-order valence-electron chi connectivity index (χ4n) is 6.46. The van der Waals surface area contributed by atoms with Gasteiger partial charge in [-0.15, -0.1) is 0 Å². The van der Waals surface area contributed by atoms with E-state index >= 15 is 0 Å². The van der Waals surface area contributed by atoms with Crippen molar-refractivity contribution in [1.82, 2.24) is 19.4 Å². The van der Waals surface area contributed by atoms with Crippen molar-refractivity contribution in [3.63, 3.8) is 0 Å². The summed E-state index contributed by atoms with van der Waals surface area (Å²) in [5, 5.41) is 3.50. The number of hydrogen-bond donors (Lipinski definition) is 0. The van der Waals surface area contributed by atoms with Crippen LogP contribution in [0.4, 0.5) is 0 Å². The Morgan fingerprint density at radius 1 is 0.571 bits per heavy atom. The molecule has 0 N–H and O–H groups in total. The molecule has 0 saturated carbocycles. The number of hydrogen-bond acceptors (Lipinski definition) is 3. The lowest BCUT2D eigenvalue weighted by Gasteiger charge is -2.11. The molecule has 4 heterocycles. The molecule has 0 fully saturated rings. The molecule has 9 rings (SSSR count). The molecule has 2 aliphatic rings. The first-order chi connectivity index (χ1) is 17.3. The Kier molecular flexibility index (Phi) is 3.11. The van der Waals surface area contributed by atoms with E-state index in [4.69, 9.17) is 9.97 Å². The van der Waals surface area contributed by atoms with Crippen LogP contribution in [-0.4, -0.2) is 19.4 Å². The molecule has 4 nitrogen and oxygen atoms in total. The van der Waals surface area contributed by atoms with Gasteiger partial charge in [-0.1, -0.05) is 36.4 Å². The van der Waals surface area contributed by atoms with Crippen LogP contribution in [0.2, 0.25) is 0 Å². The molecule has 162 valence electrons. The second kappa shape index (κ2) is 6.10. The Hall–Kier alpha value is -4.57. The Morgan fingerprint density at radius 2 is 1.37 bits per heavy atom. The van der Waals surface area contributed by atoms with E-state index in [1.54, 1.807) is 6.20 Å². The van der Waals surface area contributed by atoms with Crippen molar-refractivity contribution in [3.05, 3.63) is 107 Å². The van der Waals surface area contributed by atoms with Crippen LogP contribution in [0.5, 0.6) is 0 Å². The average Bonchev–Trinajstić information content (AvgIpc) is 3.59. The van der Waals surface area contributed by atoms with Crippen molar-refractivity contribution in [2.45, 2.75) is 12.8 Å². The van der Waals surface area contributed by atoms with Crippen LogP contribution in [0.1, 0.15) is 22.3 Å². The van der Waals surface area contributed by atoms with E-state index in [2.05, 4.69) is 70.0 Å². The summed E-state index contributed by atoms with van der Waals surface area (Å²) < 4.78 is 2.17. The Labute approximate surface area is 200 Å². The van der Waals surface area contributed by atoms with E-state index in [0.29, 0.717) is 0 Å². The highest BCUT2D eigenvalue weighted by Crippen LogP contribution is 2.48. The summed E-state index contributed by atoms with van der Waals surface area (Å²) in [6.45, 7) is 0. The molecule has 0 amide bonds. The van der Waals surface area contributed by atoms with Gasteiger partial charge < -0.3 is 0 Å². The minimum Gasteiger partial charge on any atom is -0.274 e. The molecule has 0 saturated heterocycles. The quantitative estimate of drug-likeness (QED) is 0.243. The van der Waals surface area contributed by atoms with Gasteiger partial charge in [0.1, 0.15) is 11.3 Å².